The number of thiophene rings is 1. The lowest BCUT2D eigenvalue weighted by molar-refractivity contribution is 0.0476. The van der Waals surface area contributed by atoms with Crippen molar-refractivity contribution in [3.05, 3.63) is 81.7 Å². The van der Waals surface area contributed by atoms with Gasteiger partial charge < -0.3 is 9.64 Å². The minimum atomic E-state index is -0.305. The lowest BCUT2D eigenvalue weighted by Crippen LogP contribution is -2.46. The van der Waals surface area contributed by atoms with E-state index in [0.717, 1.165) is 43.4 Å². The summed E-state index contributed by atoms with van der Waals surface area (Å²) < 4.78 is 5.43. The van der Waals surface area contributed by atoms with Gasteiger partial charge in [-0.05, 0) is 41.6 Å². The number of aromatic nitrogens is 1. The Bertz CT molecular complexity index is 950. The number of aryl methyl sites for hydroxylation is 1. The predicted molar refractivity (Wildman–Crippen MR) is 116 cm³/mol. The topological polar surface area (TPSA) is 45.7 Å². The SMILES string of the molecule is Cc1ccccc1CN1CCN(c2cc(C(=O)OCc3cccs3)ccn2)CC1. The monoisotopic (exact) mass is 407 g/mol. The number of nitrogens with zero attached hydrogens (tertiary/aromatic N) is 3. The van der Waals surface area contributed by atoms with Crippen molar-refractivity contribution >= 4 is 23.1 Å². The Labute approximate surface area is 175 Å². The maximum Gasteiger partial charge on any atom is 0.338 e. The molecule has 2 aromatic heterocycles. The zero-order valence-corrected chi connectivity index (χ0v) is 17.4. The molecular weight excluding hydrogens is 382 g/mol. The number of hydrogen-bond acceptors (Lipinski definition) is 6. The summed E-state index contributed by atoms with van der Waals surface area (Å²) in [6.45, 7) is 7.19. The molecule has 0 aliphatic carbocycles. The Morgan fingerprint density at radius 1 is 1.10 bits per heavy atom. The van der Waals surface area contributed by atoms with Crippen molar-refractivity contribution in [3.8, 4) is 0 Å². The van der Waals surface area contributed by atoms with E-state index >= 15 is 0 Å². The number of carbonyl (C=O) groups excluding carboxylic acids is 1. The predicted octanol–water partition coefficient (Wildman–Crippen LogP) is 4.13. The number of hydrogen-bond donors (Lipinski definition) is 0. The van der Waals surface area contributed by atoms with E-state index in [4.69, 9.17) is 4.74 Å². The molecule has 150 valence electrons. The molecule has 4 rings (SSSR count). The quantitative estimate of drug-likeness (QED) is 0.575. The van der Waals surface area contributed by atoms with Gasteiger partial charge in [0.05, 0.1) is 5.56 Å². The molecule has 29 heavy (non-hydrogen) atoms. The van der Waals surface area contributed by atoms with Crippen molar-refractivity contribution < 1.29 is 9.53 Å². The van der Waals surface area contributed by atoms with Crippen molar-refractivity contribution in [1.29, 1.82) is 0 Å². The Morgan fingerprint density at radius 3 is 2.69 bits per heavy atom. The molecule has 0 bridgehead atoms. The van der Waals surface area contributed by atoms with Crippen molar-refractivity contribution in [3.63, 3.8) is 0 Å². The summed E-state index contributed by atoms with van der Waals surface area (Å²) in [4.78, 5) is 22.6. The number of piperazine rings is 1. The third-order valence-corrected chi connectivity index (χ3v) is 6.11. The van der Waals surface area contributed by atoms with Gasteiger partial charge in [-0.3, -0.25) is 4.90 Å². The number of benzene rings is 1. The minimum Gasteiger partial charge on any atom is -0.456 e. The van der Waals surface area contributed by atoms with Crippen LogP contribution in [0.3, 0.4) is 0 Å². The first-order valence-corrected chi connectivity index (χ1v) is 10.7. The van der Waals surface area contributed by atoms with Crippen LogP contribution in [0.1, 0.15) is 26.4 Å². The molecule has 3 heterocycles. The van der Waals surface area contributed by atoms with E-state index in [1.807, 2.05) is 23.6 Å². The zero-order chi connectivity index (χ0) is 20.1. The number of rotatable bonds is 6. The Hall–Kier alpha value is -2.70. The van der Waals surface area contributed by atoms with Crippen LogP contribution in [-0.4, -0.2) is 42.0 Å². The first kappa shape index (κ1) is 19.6. The molecule has 1 aliphatic rings. The van der Waals surface area contributed by atoms with Crippen LogP contribution in [0, 0.1) is 6.92 Å². The molecule has 0 N–H and O–H groups in total. The molecule has 1 saturated heterocycles. The van der Waals surface area contributed by atoms with Gasteiger partial charge in [0.2, 0.25) is 0 Å². The summed E-state index contributed by atoms with van der Waals surface area (Å²) in [6.07, 6.45) is 1.69. The van der Waals surface area contributed by atoms with Crippen LogP contribution in [-0.2, 0) is 17.9 Å². The number of esters is 1. The van der Waals surface area contributed by atoms with Gasteiger partial charge in [0.1, 0.15) is 12.4 Å². The maximum atomic E-state index is 12.4. The first-order chi connectivity index (χ1) is 14.2. The third-order valence-electron chi connectivity index (χ3n) is 5.26. The van der Waals surface area contributed by atoms with Gasteiger partial charge in [-0.1, -0.05) is 30.3 Å². The van der Waals surface area contributed by atoms with Gasteiger partial charge >= 0.3 is 5.97 Å². The highest BCUT2D eigenvalue weighted by Crippen LogP contribution is 2.19. The fourth-order valence-electron chi connectivity index (χ4n) is 3.50. The normalized spacial score (nSPS) is 14.7. The van der Waals surface area contributed by atoms with Gasteiger partial charge in [-0.15, -0.1) is 11.3 Å². The summed E-state index contributed by atoms with van der Waals surface area (Å²) in [7, 11) is 0. The summed E-state index contributed by atoms with van der Waals surface area (Å²) in [5.41, 5.74) is 3.27. The highest BCUT2D eigenvalue weighted by molar-refractivity contribution is 7.09. The molecule has 3 aromatic rings. The highest BCUT2D eigenvalue weighted by Gasteiger charge is 2.20. The van der Waals surface area contributed by atoms with Gasteiger partial charge in [-0.2, -0.15) is 0 Å². The zero-order valence-electron chi connectivity index (χ0n) is 16.6. The molecule has 0 radical (unpaired) electrons. The average Bonchev–Trinajstić information content (AvgIpc) is 3.28. The Kier molecular flexibility index (Phi) is 6.22. The molecule has 0 atom stereocenters. The van der Waals surface area contributed by atoms with E-state index in [0.29, 0.717) is 12.2 Å². The number of carbonyl (C=O) groups is 1. The van der Waals surface area contributed by atoms with E-state index in [2.05, 4.69) is 46.0 Å². The number of ether oxygens (including phenoxy) is 1. The summed E-state index contributed by atoms with van der Waals surface area (Å²) in [5.74, 6) is 0.534. The van der Waals surface area contributed by atoms with E-state index in [9.17, 15) is 4.79 Å². The van der Waals surface area contributed by atoms with Crippen LogP contribution in [0.25, 0.3) is 0 Å². The van der Waals surface area contributed by atoms with Gasteiger partial charge in [0.25, 0.3) is 0 Å². The molecule has 6 heteroatoms. The lowest BCUT2D eigenvalue weighted by Gasteiger charge is -2.35. The second kappa shape index (κ2) is 9.20. The van der Waals surface area contributed by atoms with Gasteiger partial charge in [0.15, 0.2) is 0 Å². The average molecular weight is 408 g/mol. The van der Waals surface area contributed by atoms with Crippen LogP contribution >= 0.6 is 11.3 Å². The van der Waals surface area contributed by atoms with Crippen LogP contribution in [0.15, 0.2) is 60.1 Å². The smallest absolute Gasteiger partial charge is 0.338 e. The number of pyridine rings is 1. The second-order valence-electron chi connectivity index (χ2n) is 7.25. The van der Waals surface area contributed by atoms with Crippen LogP contribution in [0.2, 0.25) is 0 Å². The highest BCUT2D eigenvalue weighted by atomic mass is 32.1. The van der Waals surface area contributed by atoms with E-state index < -0.39 is 0 Å². The standard InChI is InChI=1S/C23H25N3O2S/c1-18-5-2-3-6-20(18)16-25-10-12-26(13-11-25)22-15-19(8-9-24-22)23(27)28-17-21-7-4-14-29-21/h2-9,14-15H,10-13,16-17H2,1H3. The van der Waals surface area contributed by atoms with E-state index in [1.165, 1.54) is 11.1 Å². The fourth-order valence-corrected chi connectivity index (χ4v) is 4.11. The van der Waals surface area contributed by atoms with Crippen molar-refractivity contribution in [2.75, 3.05) is 31.1 Å². The maximum absolute atomic E-state index is 12.4. The van der Waals surface area contributed by atoms with Crippen molar-refractivity contribution in [2.24, 2.45) is 0 Å². The second-order valence-corrected chi connectivity index (χ2v) is 8.28. The third kappa shape index (κ3) is 5.02. The molecule has 0 spiro atoms. The van der Waals surface area contributed by atoms with E-state index in [1.54, 1.807) is 23.6 Å². The summed E-state index contributed by atoms with van der Waals surface area (Å²) in [6, 6.07) is 16.0. The Morgan fingerprint density at radius 2 is 1.93 bits per heavy atom. The Balaban J connectivity index is 1.33. The molecule has 1 aliphatic heterocycles. The van der Waals surface area contributed by atoms with Crippen molar-refractivity contribution in [2.45, 2.75) is 20.1 Å². The van der Waals surface area contributed by atoms with Crippen LogP contribution in [0.5, 0.6) is 0 Å². The fraction of sp³-hybridized carbons (Fsp3) is 0.304. The molecule has 0 amide bonds. The van der Waals surface area contributed by atoms with Crippen molar-refractivity contribution in [1.82, 2.24) is 9.88 Å². The molecule has 0 unspecified atom stereocenters. The molecule has 0 saturated carbocycles. The van der Waals surface area contributed by atoms with Crippen LogP contribution in [0.4, 0.5) is 5.82 Å². The summed E-state index contributed by atoms with van der Waals surface area (Å²) in [5, 5.41) is 1.98. The molecular formula is C23H25N3O2S. The molecule has 1 fully saturated rings. The number of anilines is 1. The summed E-state index contributed by atoms with van der Waals surface area (Å²) >= 11 is 1.58. The molecule has 5 nitrogen and oxygen atoms in total. The van der Waals surface area contributed by atoms with Gasteiger partial charge in [0, 0.05) is 43.8 Å². The lowest BCUT2D eigenvalue weighted by atomic mass is 10.1. The molecule has 1 aromatic carbocycles. The van der Waals surface area contributed by atoms with Crippen LogP contribution < -0.4 is 4.90 Å². The van der Waals surface area contributed by atoms with Gasteiger partial charge in [-0.25, -0.2) is 9.78 Å². The first-order valence-electron chi connectivity index (χ1n) is 9.86. The minimum absolute atomic E-state index is 0.305. The van der Waals surface area contributed by atoms with E-state index in [-0.39, 0.29) is 5.97 Å². The largest absolute Gasteiger partial charge is 0.456 e.